The Morgan fingerprint density at radius 2 is 1.89 bits per heavy atom. The van der Waals surface area contributed by atoms with Gasteiger partial charge >= 0.3 is 0 Å². The molecule has 0 bridgehead atoms. The van der Waals surface area contributed by atoms with Crippen LogP contribution in [0.3, 0.4) is 0 Å². The Balaban J connectivity index is 2.39. The molecule has 2 aromatic heterocycles. The van der Waals surface area contributed by atoms with Gasteiger partial charge in [0.05, 0.1) is 11.2 Å². The molecule has 0 spiro atoms. The summed E-state index contributed by atoms with van der Waals surface area (Å²) < 4.78 is 2.39. The Labute approximate surface area is 124 Å². The molecule has 6 heteroatoms. The molecule has 0 radical (unpaired) electrons. The SMILES string of the molecule is Cc1ccnc2c1[nH]c(=S)n2-c1cc(Cl)cc(Cl)c1. The highest BCUT2D eigenvalue weighted by Crippen LogP contribution is 2.25. The molecule has 3 rings (SSSR count). The third-order valence-electron chi connectivity index (χ3n) is 2.89. The number of nitrogens with zero attached hydrogens (tertiary/aromatic N) is 2. The molecule has 0 unspecified atom stereocenters. The van der Waals surface area contributed by atoms with Crippen molar-refractivity contribution in [3.63, 3.8) is 0 Å². The molecule has 96 valence electrons. The zero-order valence-electron chi connectivity index (χ0n) is 9.95. The van der Waals surface area contributed by atoms with E-state index in [4.69, 9.17) is 35.4 Å². The summed E-state index contributed by atoms with van der Waals surface area (Å²) in [5, 5.41) is 1.12. The number of aryl methyl sites for hydroxylation is 1. The van der Waals surface area contributed by atoms with Crippen molar-refractivity contribution in [3.8, 4) is 5.69 Å². The summed E-state index contributed by atoms with van der Waals surface area (Å²) in [4.78, 5) is 7.54. The zero-order chi connectivity index (χ0) is 13.6. The number of pyridine rings is 1. The normalized spacial score (nSPS) is 11.1. The van der Waals surface area contributed by atoms with E-state index in [-0.39, 0.29) is 0 Å². The first-order chi connectivity index (χ1) is 9.06. The Morgan fingerprint density at radius 3 is 2.58 bits per heavy atom. The highest BCUT2D eigenvalue weighted by molar-refractivity contribution is 7.71. The fourth-order valence-electron chi connectivity index (χ4n) is 2.03. The second-order valence-electron chi connectivity index (χ2n) is 4.22. The number of imidazole rings is 1. The van der Waals surface area contributed by atoms with Crippen molar-refractivity contribution in [1.82, 2.24) is 14.5 Å². The van der Waals surface area contributed by atoms with Crippen LogP contribution in [0.4, 0.5) is 0 Å². The maximum atomic E-state index is 6.04. The Kier molecular flexibility index (Phi) is 3.09. The van der Waals surface area contributed by atoms with Crippen molar-refractivity contribution in [3.05, 3.63) is 50.8 Å². The fraction of sp³-hybridized carbons (Fsp3) is 0.0769. The lowest BCUT2D eigenvalue weighted by Crippen LogP contribution is -1.95. The first-order valence-corrected chi connectivity index (χ1v) is 6.75. The van der Waals surface area contributed by atoms with Crippen LogP contribution in [0, 0.1) is 11.7 Å². The summed E-state index contributed by atoms with van der Waals surface area (Å²) in [6, 6.07) is 7.23. The molecule has 0 aliphatic carbocycles. The van der Waals surface area contributed by atoms with Crippen molar-refractivity contribution in [2.24, 2.45) is 0 Å². The number of hydrogen-bond acceptors (Lipinski definition) is 2. The first-order valence-electron chi connectivity index (χ1n) is 5.59. The minimum atomic E-state index is 0.561. The highest BCUT2D eigenvalue weighted by atomic mass is 35.5. The molecular weight excluding hydrogens is 301 g/mol. The van der Waals surface area contributed by atoms with Crippen molar-refractivity contribution >= 4 is 46.6 Å². The molecule has 0 atom stereocenters. The van der Waals surface area contributed by atoms with E-state index in [0.717, 1.165) is 22.4 Å². The summed E-state index contributed by atoms with van der Waals surface area (Å²) in [7, 11) is 0. The van der Waals surface area contributed by atoms with Gasteiger partial charge < -0.3 is 4.98 Å². The molecule has 1 N–H and O–H groups in total. The van der Waals surface area contributed by atoms with Crippen LogP contribution in [0.2, 0.25) is 10.0 Å². The molecule has 3 nitrogen and oxygen atoms in total. The van der Waals surface area contributed by atoms with E-state index in [1.807, 2.05) is 17.6 Å². The number of rotatable bonds is 1. The quantitative estimate of drug-likeness (QED) is 0.661. The largest absolute Gasteiger partial charge is 0.329 e. The van der Waals surface area contributed by atoms with Gasteiger partial charge in [0.15, 0.2) is 10.4 Å². The number of halogens is 2. The molecule has 1 aromatic carbocycles. The van der Waals surface area contributed by atoms with Gasteiger partial charge in [-0.15, -0.1) is 0 Å². The Hall–Kier alpha value is -1.36. The second-order valence-corrected chi connectivity index (χ2v) is 5.48. The summed E-state index contributed by atoms with van der Waals surface area (Å²) in [5.74, 6) is 0. The lowest BCUT2D eigenvalue weighted by molar-refractivity contribution is 1.04. The summed E-state index contributed by atoms with van der Waals surface area (Å²) in [6.07, 6.45) is 1.75. The predicted molar refractivity (Wildman–Crippen MR) is 81.0 cm³/mol. The maximum Gasteiger partial charge on any atom is 0.184 e. The van der Waals surface area contributed by atoms with Crippen LogP contribution in [0.15, 0.2) is 30.5 Å². The number of benzene rings is 1. The third kappa shape index (κ3) is 2.16. The van der Waals surface area contributed by atoms with E-state index < -0.39 is 0 Å². The van der Waals surface area contributed by atoms with Gasteiger partial charge in [-0.2, -0.15) is 0 Å². The van der Waals surface area contributed by atoms with Crippen molar-refractivity contribution in [1.29, 1.82) is 0 Å². The van der Waals surface area contributed by atoms with Gasteiger partial charge in [-0.05, 0) is 49.0 Å². The molecule has 3 aromatic rings. The van der Waals surface area contributed by atoms with Crippen LogP contribution in [-0.4, -0.2) is 14.5 Å². The van der Waals surface area contributed by atoms with Gasteiger partial charge in [0.1, 0.15) is 0 Å². The van der Waals surface area contributed by atoms with Crippen molar-refractivity contribution in [2.75, 3.05) is 0 Å². The van der Waals surface area contributed by atoms with Gasteiger partial charge in [0.2, 0.25) is 0 Å². The predicted octanol–water partition coefficient (Wildman–Crippen LogP) is 4.70. The van der Waals surface area contributed by atoms with Crippen LogP contribution in [0.1, 0.15) is 5.56 Å². The lowest BCUT2D eigenvalue weighted by atomic mass is 10.2. The number of aromatic amines is 1. The van der Waals surface area contributed by atoms with Gasteiger partial charge in [-0.25, -0.2) is 4.98 Å². The van der Waals surface area contributed by atoms with Gasteiger partial charge in [0, 0.05) is 16.2 Å². The summed E-state index contributed by atoms with van der Waals surface area (Å²) in [6.45, 7) is 2.00. The summed E-state index contributed by atoms with van der Waals surface area (Å²) >= 11 is 17.4. The van der Waals surface area contributed by atoms with Gasteiger partial charge in [-0.1, -0.05) is 23.2 Å². The minimum Gasteiger partial charge on any atom is -0.329 e. The van der Waals surface area contributed by atoms with Crippen molar-refractivity contribution in [2.45, 2.75) is 6.92 Å². The molecule has 0 aliphatic heterocycles. The van der Waals surface area contributed by atoms with Crippen LogP contribution in [0.25, 0.3) is 16.9 Å². The fourth-order valence-corrected chi connectivity index (χ4v) is 2.84. The number of nitrogens with one attached hydrogen (secondary N) is 1. The van der Waals surface area contributed by atoms with Crippen LogP contribution < -0.4 is 0 Å². The molecular formula is C13H9Cl2N3S. The third-order valence-corrected chi connectivity index (χ3v) is 3.61. The molecule has 0 saturated carbocycles. The van der Waals surface area contributed by atoms with Gasteiger partial charge in [0.25, 0.3) is 0 Å². The second kappa shape index (κ2) is 4.63. The average molecular weight is 310 g/mol. The molecule has 19 heavy (non-hydrogen) atoms. The molecule has 0 aliphatic rings. The molecule has 0 saturated heterocycles. The number of fused-ring (bicyclic) bond motifs is 1. The van der Waals surface area contributed by atoms with E-state index in [2.05, 4.69) is 9.97 Å². The lowest BCUT2D eigenvalue weighted by Gasteiger charge is -2.05. The topological polar surface area (TPSA) is 33.6 Å². The van der Waals surface area contributed by atoms with Crippen molar-refractivity contribution < 1.29 is 0 Å². The molecule has 0 fully saturated rings. The first kappa shape index (κ1) is 12.7. The van der Waals surface area contributed by atoms with E-state index >= 15 is 0 Å². The standard InChI is InChI=1S/C13H9Cl2N3S/c1-7-2-3-16-12-11(7)17-13(19)18(12)10-5-8(14)4-9(15)6-10/h2-6H,1H3,(H,17,19). The van der Waals surface area contributed by atoms with Crippen LogP contribution in [-0.2, 0) is 0 Å². The highest BCUT2D eigenvalue weighted by Gasteiger charge is 2.10. The maximum absolute atomic E-state index is 6.04. The van der Waals surface area contributed by atoms with Crippen LogP contribution >= 0.6 is 35.4 Å². The van der Waals surface area contributed by atoms with E-state index in [9.17, 15) is 0 Å². The zero-order valence-corrected chi connectivity index (χ0v) is 12.3. The van der Waals surface area contributed by atoms with E-state index in [1.165, 1.54) is 0 Å². The van der Waals surface area contributed by atoms with E-state index in [0.29, 0.717) is 14.8 Å². The minimum absolute atomic E-state index is 0.561. The van der Waals surface area contributed by atoms with Crippen LogP contribution in [0.5, 0.6) is 0 Å². The molecule has 2 heterocycles. The van der Waals surface area contributed by atoms with E-state index in [1.54, 1.807) is 24.4 Å². The Morgan fingerprint density at radius 1 is 1.21 bits per heavy atom. The number of hydrogen-bond donors (Lipinski definition) is 1. The molecule has 0 amide bonds. The Bertz CT molecular complexity index is 815. The number of H-pyrrole nitrogens is 1. The van der Waals surface area contributed by atoms with Gasteiger partial charge in [-0.3, -0.25) is 4.57 Å². The summed E-state index contributed by atoms with van der Waals surface area (Å²) in [5.41, 5.74) is 3.57. The number of aromatic nitrogens is 3. The smallest absolute Gasteiger partial charge is 0.184 e. The average Bonchev–Trinajstić information content (AvgIpc) is 2.65. The monoisotopic (exact) mass is 309 g/mol.